The van der Waals surface area contributed by atoms with E-state index in [2.05, 4.69) is 10.0 Å². The third-order valence-corrected chi connectivity index (χ3v) is 9.21. The van der Waals surface area contributed by atoms with Crippen molar-refractivity contribution in [2.75, 3.05) is 35.1 Å². The van der Waals surface area contributed by atoms with Crippen molar-refractivity contribution < 1.29 is 31.1 Å². The monoisotopic (exact) mass is 595 g/mol. The summed E-state index contributed by atoms with van der Waals surface area (Å²) in [7, 11) is -5.13. The Balaban J connectivity index is 1.54. The Morgan fingerprint density at radius 1 is 0.732 bits per heavy atom. The van der Waals surface area contributed by atoms with Gasteiger partial charge < -0.3 is 14.8 Å². The van der Waals surface area contributed by atoms with E-state index in [9.17, 15) is 21.6 Å². The number of anilines is 3. The van der Waals surface area contributed by atoms with Crippen molar-refractivity contribution in [2.45, 2.75) is 16.7 Å². The molecule has 0 saturated carbocycles. The Morgan fingerprint density at radius 3 is 1.93 bits per heavy atom. The van der Waals surface area contributed by atoms with Crippen molar-refractivity contribution in [1.82, 2.24) is 0 Å². The molecule has 0 bridgehead atoms. The van der Waals surface area contributed by atoms with E-state index in [1.54, 1.807) is 60.7 Å². The van der Waals surface area contributed by atoms with Gasteiger partial charge in [-0.1, -0.05) is 29.8 Å². The minimum atomic E-state index is -4.15. The van der Waals surface area contributed by atoms with Crippen LogP contribution in [0.5, 0.6) is 11.5 Å². The molecule has 0 fully saturated rings. The highest BCUT2D eigenvalue weighted by atomic mass is 32.2. The third-order valence-electron chi connectivity index (χ3n) is 6.04. The third kappa shape index (κ3) is 6.97. The van der Waals surface area contributed by atoms with Crippen molar-refractivity contribution in [1.29, 1.82) is 0 Å². The van der Waals surface area contributed by atoms with E-state index in [0.29, 0.717) is 11.4 Å². The van der Waals surface area contributed by atoms with E-state index >= 15 is 0 Å². The molecule has 0 saturated heterocycles. The summed E-state index contributed by atoms with van der Waals surface area (Å²) in [5, 5.41) is 2.64. The molecule has 0 aromatic heterocycles. The molecular weight excluding hydrogens is 566 g/mol. The summed E-state index contributed by atoms with van der Waals surface area (Å²) in [5.41, 5.74) is 1.72. The van der Waals surface area contributed by atoms with Crippen molar-refractivity contribution in [3.05, 3.63) is 103 Å². The molecule has 0 spiro atoms. The highest BCUT2D eigenvalue weighted by Crippen LogP contribution is 2.32. The van der Waals surface area contributed by atoms with E-state index in [-0.39, 0.29) is 26.9 Å². The van der Waals surface area contributed by atoms with Gasteiger partial charge in [-0.3, -0.25) is 13.8 Å². The highest BCUT2D eigenvalue weighted by molar-refractivity contribution is 7.93. The maximum atomic E-state index is 13.7. The fraction of sp³-hybridized carbons (Fsp3) is 0.138. The molecule has 0 unspecified atom stereocenters. The predicted octanol–water partition coefficient (Wildman–Crippen LogP) is 4.65. The van der Waals surface area contributed by atoms with Gasteiger partial charge in [-0.05, 0) is 79.7 Å². The quantitative estimate of drug-likeness (QED) is 0.258. The Morgan fingerprint density at radius 2 is 1.32 bits per heavy atom. The van der Waals surface area contributed by atoms with Crippen molar-refractivity contribution in [2.24, 2.45) is 0 Å². The Kier molecular flexibility index (Phi) is 8.84. The lowest BCUT2D eigenvalue weighted by molar-refractivity contribution is -0.114. The van der Waals surface area contributed by atoms with Crippen LogP contribution < -0.4 is 23.8 Å². The van der Waals surface area contributed by atoms with Crippen molar-refractivity contribution in [3.8, 4) is 11.5 Å². The maximum absolute atomic E-state index is 13.7. The molecule has 0 heterocycles. The molecule has 4 rings (SSSR count). The molecule has 0 aliphatic carbocycles. The summed E-state index contributed by atoms with van der Waals surface area (Å²) in [6, 6.07) is 24.7. The molecule has 0 aliphatic heterocycles. The van der Waals surface area contributed by atoms with E-state index in [0.717, 1.165) is 9.87 Å². The predicted molar refractivity (Wildman–Crippen MR) is 158 cm³/mol. The van der Waals surface area contributed by atoms with Crippen LogP contribution in [0, 0.1) is 6.92 Å². The van der Waals surface area contributed by atoms with Crippen molar-refractivity contribution in [3.63, 3.8) is 0 Å². The second kappa shape index (κ2) is 12.3. The second-order valence-electron chi connectivity index (χ2n) is 8.90. The number of sulfonamides is 2. The van der Waals surface area contributed by atoms with Gasteiger partial charge in [0.25, 0.3) is 20.0 Å². The van der Waals surface area contributed by atoms with Crippen LogP contribution >= 0.6 is 0 Å². The average molecular weight is 596 g/mol. The number of hydrogen-bond acceptors (Lipinski definition) is 7. The number of carbonyl (C=O) groups is 1. The van der Waals surface area contributed by atoms with Crippen LogP contribution in [0.2, 0.25) is 0 Å². The van der Waals surface area contributed by atoms with Gasteiger partial charge in [0.05, 0.1) is 29.7 Å². The number of carbonyl (C=O) groups excluding carboxylic acids is 1. The summed E-state index contributed by atoms with van der Waals surface area (Å²) >= 11 is 0. The minimum Gasteiger partial charge on any atom is -0.497 e. The number of rotatable bonds is 11. The van der Waals surface area contributed by atoms with Crippen LogP contribution in [0.3, 0.4) is 0 Å². The first-order valence-electron chi connectivity index (χ1n) is 12.3. The number of aryl methyl sites for hydroxylation is 1. The smallest absolute Gasteiger partial charge is 0.264 e. The molecule has 4 aromatic carbocycles. The standard InChI is InChI=1S/C29H29N3O7S2/c1-21-8-16-26(17-9-21)41(36,37)32(27-6-4-5-7-28(27)39-3)20-29(33)30-22-12-18-25(19-13-22)40(34,35)31-23-10-14-24(38-2)15-11-23/h4-19,31H,20H2,1-3H3,(H,30,33). The number of para-hydroxylation sites is 2. The van der Waals surface area contributed by atoms with Crippen LogP contribution in [-0.4, -0.2) is 43.5 Å². The van der Waals surface area contributed by atoms with Crippen LogP contribution in [0.15, 0.2) is 107 Å². The Hall–Kier alpha value is -4.55. The first-order valence-corrected chi connectivity index (χ1v) is 15.2. The van der Waals surface area contributed by atoms with Crippen LogP contribution in [0.1, 0.15) is 5.56 Å². The van der Waals surface area contributed by atoms with Gasteiger partial charge in [-0.15, -0.1) is 0 Å². The first kappa shape index (κ1) is 29.4. The zero-order valence-electron chi connectivity index (χ0n) is 22.6. The van der Waals surface area contributed by atoms with Crippen LogP contribution in [0.25, 0.3) is 0 Å². The summed E-state index contributed by atoms with van der Waals surface area (Å²) in [6.45, 7) is 1.28. The number of nitrogens with zero attached hydrogens (tertiary/aromatic N) is 1. The van der Waals surface area contributed by atoms with Gasteiger partial charge in [0.2, 0.25) is 5.91 Å². The molecule has 0 radical (unpaired) electrons. The molecule has 214 valence electrons. The van der Waals surface area contributed by atoms with E-state index in [1.807, 2.05) is 6.92 Å². The molecule has 0 aliphatic rings. The van der Waals surface area contributed by atoms with E-state index in [1.165, 1.54) is 50.6 Å². The number of benzene rings is 4. The first-order chi connectivity index (χ1) is 19.5. The number of hydrogen-bond donors (Lipinski definition) is 2. The SMILES string of the molecule is COc1ccc(NS(=O)(=O)c2ccc(NC(=O)CN(c3ccccc3OC)S(=O)(=O)c3ccc(C)cc3)cc2)cc1. The normalized spacial score (nSPS) is 11.4. The molecule has 10 nitrogen and oxygen atoms in total. The Bertz CT molecular complexity index is 1720. The Labute approximate surface area is 239 Å². The molecule has 2 N–H and O–H groups in total. The zero-order chi connectivity index (χ0) is 29.6. The van der Waals surface area contributed by atoms with Gasteiger partial charge in [0.15, 0.2) is 0 Å². The summed E-state index contributed by atoms with van der Waals surface area (Å²) in [5.74, 6) is 0.220. The summed E-state index contributed by atoms with van der Waals surface area (Å²) in [6.07, 6.45) is 0. The molecule has 12 heteroatoms. The lowest BCUT2D eigenvalue weighted by atomic mass is 10.2. The number of amides is 1. The van der Waals surface area contributed by atoms with Crippen LogP contribution in [0.4, 0.5) is 17.1 Å². The van der Waals surface area contributed by atoms with E-state index < -0.39 is 32.5 Å². The number of ether oxygens (including phenoxy) is 2. The molecular formula is C29H29N3O7S2. The van der Waals surface area contributed by atoms with Gasteiger partial charge in [0.1, 0.15) is 18.0 Å². The molecule has 4 aromatic rings. The lowest BCUT2D eigenvalue weighted by Crippen LogP contribution is -2.38. The van der Waals surface area contributed by atoms with Crippen molar-refractivity contribution >= 4 is 43.0 Å². The topological polar surface area (TPSA) is 131 Å². The molecule has 1 amide bonds. The largest absolute Gasteiger partial charge is 0.497 e. The van der Waals surface area contributed by atoms with Gasteiger partial charge in [-0.2, -0.15) is 0 Å². The average Bonchev–Trinajstić information content (AvgIpc) is 2.96. The molecule has 0 atom stereocenters. The lowest BCUT2D eigenvalue weighted by Gasteiger charge is -2.25. The summed E-state index contributed by atoms with van der Waals surface area (Å²) in [4.78, 5) is 13.1. The zero-order valence-corrected chi connectivity index (χ0v) is 24.2. The minimum absolute atomic E-state index is 0.0146. The van der Waals surface area contributed by atoms with Gasteiger partial charge in [-0.25, -0.2) is 16.8 Å². The maximum Gasteiger partial charge on any atom is 0.264 e. The molecule has 41 heavy (non-hydrogen) atoms. The van der Waals surface area contributed by atoms with Gasteiger partial charge >= 0.3 is 0 Å². The van der Waals surface area contributed by atoms with Crippen LogP contribution in [-0.2, 0) is 24.8 Å². The number of nitrogens with one attached hydrogen (secondary N) is 2. The van der Waals surface area contributed by atoms with E-state index in [4.69, 9.17) is 9.47 Å². The summed E-state index contributed by atoms with van der Waals surface area (Å²) < 4.78 is 66.8. The second-order valence-corrected chi connectivity index (χ2v) is 12.4. The fourth-order valence-corrected chi connectivity index (χ4v) is 6.38. The fourth-order valence-electron chi connectivity index (χ4n) is 3.89. The highest BCUT2D eigenvalue weighted by Gasteiger charge is 2.29. The number of methoxy groups -OCH3 is 2. The van der Waals surface area contributed by atoms with Gasteiger partial charge in [0, 0.05) is 11.4 Å².